The normalized spacial score (nSPS) is 11.6. The molecule has 0 heterocycles. The van der Waals surface area contributed by atoms with Gasteiger partial charge in [-0.2, -0.15) is 0 Å². The van der Waals surface area contributed by atoms with Crippen LogP contribution in [0.15, 0.2) is 54.6 Å². The first kappa shape index (κ1) is 19.5. The molecular formula is C20H23NO5. The zero-order valence-corrected chi connectivity index (χ0v) is 14.7. The lowest BCUT2D eigenvalue weighted by Crippen LogP contribution is -2.43. The van der Waals surface area contributed by atoms with E-state index in [9.17, 15) is 14.7 Å². The molecule has 0 aliphatic carbocycles. The molecule has 0 aromatic heterocycles. The van der Waals surface area contributed by atoms with Crippen LogP contribution < -0.4 is 10.1 Å². The van der Waals surface area contributed by atoms with Crippen molar-refractivity contribution < 1.29 is 24.2 Å². The minimum absolute atomic E-state index is 0.146. The van der Waals surface area contributed by atoms with Gasteiger partial charge in [-0.25, -0.2) is 4.79 Å². The van der Waals surface area contributed by atoms with Gasteiger partial charge >= 0.3 is 5.97 Å². The maximum atomic E-state index is 11.7. The molecule has 0 fully saturated rings. The molecule has 2 rings (SSSR count). The number of carboxylic acid groups (broad SMARTS) is 1. The van der Waals surface area contributed by atoms with Gasteiger partial charge in [-0.1, -0.05) is 42.5 Å². The van der Waals surface area contributed by atoms with E-state index in [2.05, 4.69) is 5.32 Å². The number of hydrogen-bond acceptors (Lipinski definition) is 4. The second kappa shape index (κ2) is 10.2. The summed E-state index contributed by atoms with van der Waals surface area (Å²) in [4.78, 5) is 23.0. The number of hydrogen-bond donors (Lipinski definition) is 2. The molecule has 2 aromatic rings. The second-order valence-corrected chi connectivity index (χ2v) is 5.72. The van der Waals surface area contributed by atoms with Crippen LogP contribution in [0, 0.1) is 0 Å². The van der Waals surface area contributed by atoms with Crippen molar-refractivity contribution in [3.8, 4) is 5.75 Å². The summed E-state index contributed by atoms with van der Waals surface area (Å²) < 4.78 is 10.7. The lowest BCUT2D eigenvalue weighted by Gasteiger charge is -2.15. The number of nitrogens with one attached hydrogen (secondary N) is 1. The average molecular weight is 357 g/mol. The number of benzene rings is 2. The van der Waals surface area contributed by atoms with Gasteiger partial charge in [-0.15, -0.1) is 0 Å². The number of amides is 1. The molecule has 0 radical (unpaired) electrons. The van der Waals surface area contributed by atoms with Crippen LogP contribution in [-0.4, -0.2) is 36.2 Å². The smallest absolute Gasteiger partial charge is 0.326 e. The van der Waals surface area contributed by atoms with E-state index in [0.717, 1.165) is 11.1 Å². The van der Waals surface area contributed by atoms with E-state index in [4.69, 9.17) is 9.47 Å². The Balaban J connectivity index is 1.89. The van der Waals surface area contributed by atoms with Crippen LogP contribution in [0.5, 0.6) is 5.75 Å². The molecule has 6 heteroatoms. The Labute approximate surface area is 152 Å². The SMILES string of the molecule is CCOCC(=O)N[C@@H](Cc1ccc(OCc2ccccc2)cc1)C(=O)O. The Morgan fingerprint density at radius 3 is 2.35 bits per heavy atom. The highest BCUT2D eigenvalue weighted by Crippen LogP contribution is 2.15. The standard InChI is InChI=1S/C20H23NO5/c1-2-25-14-19(22)21-18(20(23)24)12-15-8-10-17(11-9-15)26-13-16-6-4-3-5-7-16/h3-11,18H,2,12-14H2,1H3,(H,21,22)(H,23,24)/t18-/m0/s1. The summed E-state index contributed by atoms with van der Waals surface area (Å²) in [6, 6.07) is 16.0. The summed E-state index contributed by atoms with van der Waals surface area (Å²) in [5.41, 5.74) is 1.86. The van der Waals surface area contributed by atoms with Gasteiger partial charge in [0.15, 0.2) is 0 Å². The lowest BCUT2D eigenvalue weighted by molar-refractivity contribution is -0.142. The van der Waals surface area contributed by atoms with Gasteiger partial charge in [0.05, 0.1) is 0 Å². The molecular weight excluding hydrogens is 334 g/mol. The maximum Gasteiger partial charge on any atom is 0.326 e. The first-order valence-corrected chi connectivity index (χ1v) is 8.44. The summed E-state index contributed by atoms with van der Waals surface area (Å²) in [7, 11) is 0. The molecule has 0 saturated heterocycles. The quantitative estimate of drug-likeness (QED) is 0.682. The average Bonchev–Trinajstić information content (AvgIpc) is 2.66. The summed E-state index contributed by atoms with van der Waals surface area (Å²) in [5.74, 6) is -0.828. The summed E-state index contributed by atoms with van der Waals surface area (Å²) in [6.45, 7) is 2.48. The van der Waals surface area contributed by atoms with Gasteiger partial charge in [0.2, 0.25) is 5.91 Å². The molecule has 0 bridgehead atoms. The number of rotatable bonds is 10. The molecule has 0 aliphatic rings. The third-order valence-corrected chi connectivity index (χ3v) is 3.68. The predicted octanol–water partition coefficient (Wildman–Crippen LogP) is 2.41. The predicted molar refractivity (Wildman–Crippen MR) is 97.0 cm³/mol. The Morgan fingerprint density at radius 1 is 1.04 bits per heavy atom. The molecule has 1 atom stereocenters. The first-order valence-electron chi connectivity index (χ1n) is 8.44. The fourth-order valence-electron chi connectivity index (χ4n) is 2.33. The highest BCUT2D eigenvalue weighted by atomic mass is 16.5. The van der Waals surface area contributed by atoms with Crippen LogP contribution in [0.2, 0.25) is 0 Å². The van der Waals surface area contributed by atoms with Crippen molar-refractivity contribution in [2.24, 2.45) is 0 Å². The Bertz CT molecular complexity index is 700. The number of aliphatic carboxylic acids is 1. The Morgan fingerprint density at radius 2 is 1.73 bits per heavy atom. The van der Waals surface area contributed by atoms with Gasteiger partial charge in [-0.05, 0) is 30.2 Å². The van der Waals surface area contributed by atoms with Crippen LogP contribution in [0.25, 0.3) is 0 Å². The van der Waals surface area contributed by atoms with Gasteiger partial charge < -0.3 is 19.9 Å². The molecule has 1 amide bonds. The molecule has 0 saturated carbocycles. The minimum atomic E-state index is -1.08. The van der Waals surface area contributed by atoms with Crippen molar-refractivity contribution in [2.75, 3.05) is 13.2 Å². The molecule has 0 unspecified atom stereocenters. The Kier molecular flexibility index (Phi) is 7.64. The number of carboxylic acids is 1. The molecule has 2 N–H and O–H groups in total. The highest BCUT2D eigenvalue weighted by molar-refractivity contribution is 5.84. The summed E-state index contributed by atoms with van der Waals surface area (Å²) in [5, 5.41) is 11.8. The zero-order valence-electron chi connectivity index (χ0n) is 14.7. The van der Waals surface area contributed by atoms with Crippen molar-refractivity contribution in [3.05, 3.63) is 65.7 Å². The second-order valence-electron chi connectivity index (χ2n) is 5.72. The molecule has 2 aromatic carbocycles. The largest absolute Gasteiger partial charge is 0.489 e. The monoisotopic (exact) mass is 357 g/mol. The third-order valence-electron chi connectivity index (χ3n) is 3.68. The fourth-order valence-corrected chi connectivity index (χ4v) is 2.33. The number of ether oxygens (including phenoxy) is 2. The topological polar surface area (TPSA) is 84.9 Å². The molecule has 138 valence electrons. The minimum Gasteiger partial charge on any atom is -0.489 e. The van der Waals surface area contributed by atoms with E-state index in [1.54, 1.807) is 31.2 Å². The van der Waals surface area contributed by atoms with Crippen LogP contribution >= 0.6 is 0 Å². The van der Waals surface area contributed by atoms with Crippen molar-refractivity contribution in [1.82, 2.24) is 5.32 Å². The van der Waals surface area contributed by atoms with Gasteiger partial charge in [0.25, 0.3) is 0 Å². The summed E-state index contributed by atoms with van der Waals surface area (Å²) >= 11 is 0. The zero-order chi connectivity index (χ0) is 18.8. The van der Waals surface area contributed by atoms with Crippen molar-refractivity contribution in [3.63, 3.8) is 0 Å². The van der Waals surface area contributed by atoms with Crippen molar-refractivity contribution in [2.45, 2.75) is 26.0 Å². The van der Waals surface area contributed by atoms with Gasteiger partial charge in [0, 0.05) is 13.0 Å². The first-order chi connectivity index (χ1) is 12.6. The number of carbonyl (C=O) groups excluding carboxylic acids is 1. The van der Waals surface area contributed by atoms with Crippen molar-refractivity contribution >= 4 is 11.9 Å². The maximum absolute atomic E-state index is 11.7. The fraction of sp³-hybridized carbons (Fsp3) is 0.300. The van der Waals surface area contributed by atoms with Crippen LogP contribution in [0.4, 0.5) is 0 Å². The van der Waals surface area contributed by atoms with Gasteiger partial charge in [0.1, 0.15) is 25.0 Å². The Hall–Kier alpha value is -2.86. The van der Waals surface area contributed by atoms with Crippen molar-refractivity contribution in [1.29, 1.82) is 0 Å². The van der Waals surface area contributed by atoms with E-state index in [-0.39, 0.29) is 13.0 Å². The van der Waals surface area contributed by atoms with Crippen LogP contribution in [-0.2, 0) is 27.4 Å². The highest BCUT2D eigenvalue weighted by Gasteiger charge is 2.20. The molecule has 26 heavy (non-hydrogen) atoms. The lowest BCUT2D eigenvalue weighted by atomic mass is 10.1. The van der Waals surface area contributed by atoms with Crippen LogP contribution in [0.1, 0.15) is 18.1 Å². The molecule has 0 spiro atoms. The third kappa shape index (κ3) is 6.57. The molecule has 6 nitrogen and oxygen atoms in total. The van der Waals surface area contributed by atoms with Gasteiger partial charge in [-0.3, -0.25) is 4.79 Å². The van der Waals surface area contributed by atoms with E-state index in [0.29, 0.717) is 19.0 Å². The van der Waals surface area contributed by atoms with Crippen LogP contribution in [0.3, 0.4) is 0 Å². The summed E-state index contributed by atoms with van der Waals surface area (Å²) in [6.07, 6.45) is 0.187. The van der Waals surface area contributed by atoms with E-state index in [1.807, 2.05) is 30.3 Å². The number of carbonyl (C=O) groups is 2. The van der Waals surface area contributed by atoms with E-state index >= 15 is 0 Å². The molecule has 0 aliphatic heterocycles. The van der Waals surface area contributed by atoms with E-state index < -0.39 is 17.9 Å². The van der Waals surface area contributed by atoms with E-state index in [1.165, 1.54) is 0 Å².